The normalized spacial score (nSPS) is 11.7. The summed E-state index contributed by atoms with van der Waals surface area (Å²) in [7, 11) is 0. The topological polar surface area (TPSA) is 30.2 Å². The molecule has 0 aliphatic heterocycles. The summed E-state index contributed by atoms with van der Waals surface area (Å²) in [6, 6.07) is 0. The van der Waals surface area contributed by atoms with E-state index in [0.29, 0.717) is 0 Å². The Morgan fingerprint density at radius 2 is 0.870 bits per heavy atom. The minimum absolute atomic E-state index is 0.220. The molecule has 0 amide bonds. The van der Waals surface area contributed by atoms with E-state index in [1.807, 2.05) is 13.8 Å². The zero-order chi connectivity index (χ0) is 17.2. The van der Waals surface area contributed by atoms with Gasteiger partial charge in [-0.25, -0.2) is 4.79 Å². The van der Waals surface area contributed by atoms with Crippen molar-refractivity contribution in [2.75, 3.05) is 0 Å². The van der Waals surface area contributed by atoms with Crippen LogP contribution in [0.25, 0.3) is 21.7 Å². The van der Waals surface area contributed by atoms with Gasteiger partial charge < -0.3 is 4.42 Å². The molecule has 2 nitrogen and oxygen atoms in total. The lowest BCUT2D eigenvalue weighted by molar-refractivity contribution is 0.566. The van der Waals surface area contributed by atoms with E-state index in [4.69, 9.17) is 4.42 Å². The number of aryl methyl sites for hydroxylation is 4. The highest BCUT2D eigenvalue weighted by Gasteiger charge is 2.20. The maximum absolute atomic E-state index is 12.7. The highest BCUT2D eigenvalue weighted by Crippen LogP contribution is 2.37. The molecular weight excluding hydrogens is 284 g/mol. The van der Waals surface area contributed by atoms with Crippen molar-refractivity contribution in [2.45, 2.75) is 55.4 Å². The molecule has 0 fully saturated rings. The maximum Gasteiger partial charge on any atom is 0.344 e. The molecule has 0 N–H and O–H groups in total. The van der Waals surface area contributed by atoms with Crippen LogP contribution in [-0.4, -0.2) is 0 Å². The molecule has 0 aliphatic rings. The first kappa shape index (κ1) is 15.8. The Kier molecular flexibility index (Phi) is 3.40. The Bertz CT molecular complexity index is 1050. The summed E-state index contributed by atoms with van der Waals surface area (Å²) >= 11 is 0. The van der Waals surface area contributed by atoms with Crippen LogP contribution in [-0.2, 0) is 0 Å². The highest BCUT2D eigenvalue weighted by molar-refractivity contribution is 6.10. The molecule has 0 bridgehead atoms. The molecule has 0 atom stereocenters. The Morgan fingerprint density at radius 3 is 1.39 bits per heavy atom. The lowest BCUT2D eigenvalue weighted by Crippen LogP contribution is -2.08. The Labute approximate surface area is 137 Å². The SMILES string of the molecule is Cc1c(C)c(C)c2c(oc(=O)c3c(C)c(C)c(C)c(C)c32)c1C. The molecule has 23 heavy (non-hydrogen) atoms. The first-order valence-electron chi connectivity index (χ1n) is 8.11. The van der Waals surface area contributed by atoms with E-state index in [2.05, 4.69) is 41.5 Å². The summed E-state index contributed by atoms with van der Waals surface area (Å²) in [5.74, 6) is 0. The number of hydrogen-bond acceptors (Lipinski definition) is 2. The summed E-state index contributed by atoms with van der Waals surface area (Å²) in [5, 5.41) is 2.91. The van der Waals surface area contributed by atoms with Gasteiger partial charge in [0, 0.05) is 10.8 Å². The summed E-state index contributed by atoms with van der Waals surface area (Å²) in [5.41, 5.74) is 9.95. The minimum atomic E-state index is -0.220. The lowest BCUT2D eigenvalue weighted by Gasteiger charge is -2.19. The van der Waals surface area contributed by atoms with E-state index in [0.717, 1.165) is 32.9 Å². The van der Waals surface area contributed by atoms with Gasteiger partial charge in [-0.1, -0.05) is 0 Å². The van der Waals surface area contributed by atoms with Gasteiger partial charge in [-0.3, -0.25) is 0 Å². The van der Waals surface area contributed by atoms with Crippen LogP contribution in [0.2, 0.25) is 0 Å². The van der Waals surface area contributed by atoms with Crippen LogP contribution in [0, 0.1) is 55.4 Å². The number of benzene rings is 2. The molecule has 2 aromatic carbocycles. The molecule has 0 saturated carbocycles. The quantitative estimate of drug-likeness (QED) is 0.410. The van der Waals surface area contributed by atoms with Crippen LogP contribution in [0.5, 0.6) is 0 Å². The Hall–Kier alpha value is -2.09. The second kappa shape index (κ2) is 4.95. The fraction of sp³-hybridized carbons (Fsp3) is 0.381. The standard InChI is InChI=1S/C21H24O2/c1-9-10(2)15(7)19-17(13(9)5)18-14(6)11(3)12(4)16(8)20(18)23-21(19)22/h1-8H3. The third-order valence-corrected chi connectivity index (χ3v) is 5.97. The highest BCUT2D eigenvalue weighted by atomic mass is 16.4. The van der Waals surface area contributed by atoms with Gasteiger partial charge in [0.1, 0.15) is 5.58 Å². The summed E-state index contributed by atoms with van der Waals surface area (Å²) in [6.45, 7) is 16.8. The molecule has 0 spiro atoms. The minimum Gasteiger partial charge on any atom is -0.422 e. The van der Waals surface area contributed by atoms with Gasteiger partial charge >= 0.3 is 5.63 Å². The van der Waals surface area contributed by atoms with E-state index in [-0.39, 0.29) is 5.63 Å². The second-order valence-electron chi connectivity index (χ2n) is 6.84. The fourth-order valence-electron chi connectivity index (χ4n) is 3.73. The van der Waals surface area contributed by atoms with Crippen molar-refractivity contribution >= 4 is 21.7 Å². The number of hydrogen-bond donors (Lipinski definition) is 0. The van der Waals surface area contributed by atoms with E-state index in [1.165, 1.54) is 33.4 Å². The second-order valence-corrected chi connectivity index (χ2v) is 6.84. The fourth-order valence-corrected chi connectivity index (χ4v) is 3.73. The average Bonchev–Trinajstić information content (AvgIpc) is 2.53. The van der Waals surface area contributed by atoms with Gasteiger partial charge in [-0.2, -0.15) is 0 Å². The van der Waals surface area contributed by atoms with Crippen molar-refractivity contribution in [3.05, 3.63) is 54.9 Å². The number of rotatable bonds is 0. The van der Waals surface area contributed by atoms with Gasteiger partial charge in [0.15, 0.2) is 0 Å². The monoisotopic (exact) mass is 308 g/mol. The van der Waals surface area contributed by atoms with Crippen LogP contribution in [0.15, 0.2) is 9.21 Å². The zero-order valence-corrected chi connectivity index (χ0v) is 15.3. The molecule has 0 saturated heterocycles. The van der Waals surface area contributed by atoms with E-state index >= 15 is 0 Å². The largest absolute Gasteiger partial charge is 0.422 e. The van der Waals surface area contributed by atoms with Gasteiger partial charge in [-0.05, 0) is 99.9 Å². The molecule has 0 aliphatic carbocycles. The van der Waals surface area contributed by atoms with E-state index < -0.39 is 0 Å². The average molecular weight is 308 g/mol. The first-order valence-corrected chi connectivity index (χ1v) is 8.11. The van der Waals surface area contributed by atoms with Crippen molar-refractivity contribution < 1.29 is 4.42 Å². The van der Waals surface area contributed by atoms with Crippen LogP contribution < -0.4 is 5.63 Å². The Morgan fingerprint density at radius 1 is 0.478 bits per heavy atom. The van der Waals surface area contributed by atoms with Crippen LogP contribution in [0.1, 0.15) is 44.5 Å². The molecule has 120 valence electrons. The molecule has 3 rings (SSSR count). The summed E-state index contributed by atoms with van der Waals surface area (Å²) in [6.07, 6.45) is 0. The van der Waals surface area contributed by atoms with Gasteiger partial charge in [0.05, 0.1) is 5.39 Å². The van der Waals surface area contributed by atoms with Crippen LogP contribution in [0.3, 0.4) is 0 Å². The molecule has 1 heterocycles. The van der Waals surface area contributed by atoms with Crippen molar-refractivity contribution in [1.29, 1.82) is 0 Å². The lowest BCUT2D eigenvalue weighted by atomic mass is 9.87. The van der Waals surface area contributed by atoms with Gasteiger partial charge in [0.2, 0.25) is 0 Å². The molecule has 0 unspecified atom stereocenters. The molecule has 2 heteroatoms. The van der Waals surface area contributed by atoms with Crippen molar-refractivity contribution in [2.24, 2.45) is 0 Å². The van der Waals surface area contributed by atoms with Gasteiger partial charge in [-0.15, -0.1) is 0 Å². The molecule has 1 aromatic heterocycles. The first-order chi connectivity index (χ1) is 10.7. The van der Waals surface area contributed by atoms with Crippen LogP contribution >= 0.6 is 0 Å². The van der Waals surface area contributed by atoms with Crippen molar-refractivity contribution in [3.8, 4) is 0 Å². The Balaban J connectivity index is 2.84. The van der Waals surface area contributed by atoms with Crippen molar-refractivity contribution in [3.63, 3.8) is 0 Å². The summed E-state index contributed by atoms with van der Waals surface area (Å²) < 4.78 is 5.80. The van der Waals surface area contributed by atoms with Crippen LogP contribution in [0.4, 0.5) is 0 Å². The predicted octanol–water partition coefficient (Wildman–Crippen LogP) is 5.41. The predicted molar refractivity (Wildman–Crippen MR) is 97.9 cm³/mol. The number of fused-ring (bicyclic) bond motifs is 3. The molecular formula is C21H24O2. The third-order valence-electron chi connectivity index (χ3n) is 5.97. The molecule has 0 radical (unpaired) electrons. The smallest absolute Gasteiger partial charge is 0.344 e. The molecule has 3 aromatic rings. The zero-order valence-electron chi connectivity index (χ0n) is 15.3. The third kappa shape index (κ3) is 1.90. The maximum atomic E-state index is 12.7. The van der Waals surface area contributed by atoms with E-state index in [1.54, 1.807) is 0 Å². The van der Waals surface area contributed by atoms with Gasteiger partial charge in [0.25, 0.3) is 0 Å². The van der Waals surface area contributed by atoms with Crippen molar-refractivity contribution in [1.82, 2.24) is 0 Å². The van der Waals surface area contributed by atoms with E-state index in [9.17, 15) is 4.79 Å². The summed E-state index contributed by atoms with van der Waals surface area (Å²) in [4.78, 5) is 12.7.